The average molecular weight is 1870 g/mol. The zero-order valence-corrected chi connectivity index (χ0v) is 75.9. The minimum absolute atomic E-state index is 0.0195. The number of nitrogens with zero attached hydrogens (tertiary/aromatic N) is 12. The summed E-state index contributed by atoms with van der Waals surface area (Å²) in [6, 6.07) is 1.89. The van der Waals surface area contributed by atoms with Crippen LogP contribution in [0.1, 0.15) is 183 Å². The van der Waals surface area contributed by atoms with Gasteiger partial charge in [-0.05, 0) is 150 Å². The number of carbonyl (C=O) groups is 7. The summed E-state index contributed by atoms with van der Waals surface area (Å²) in [6.45, 7) is 28.1. The Bertz CT molecular complexity index is 6680. The highest BCUT2D eigenvalue weighted by atomic mass is 79.9. The number of hydrogen-bond acceptors (Lipinski definition) is 26. The Morgan fingerprint density at radius 1 is 0.432 bits per heavy atom. The summed E-state index contributed by atoms with van der Waals surface area (Å²) in [4.78, 5) is 131. The summed E-state index contributed by atoms with van der Waals surface area (Å²) in [5.74, 6) is -1.73. The number of nitrogens with one attached hydrogen (secondary N) is 1. The molecule has 3 N–H and O–H groups in total. The maximum Gasteiger partial charge on any atom is 0.341 e. The smallest absolute Gasteiger partial charge is 0.341 e. The first kappa shape index (κ1) is 88.7. The van der Waals surface area contributed by atoms with Crippen molar-refractivity contribution >= 4 is 220 Å². The van der Waals surface area contributed by atoms with Crippen molar-refractivity contribution in [3.8, 4) is 0 Å². The lowest BCUT2D eigenvalue weighted by atomic mass is 10.2. The van der Waals surface area contributed by atoms with E-state index in [-0.39, 0.29) is 72.6 Å². The fraction of sp³-hybridized carbons (Fsp3) is 0.312. The molecule has 0 unspecified atom stereocenters. The molecule has 0 spiro atoms. The Balaban J connectivity index is 0.000000135. The van der Waals surface area contributed by atoms with E-state index in [0.29, 0.717) is 72.1 Å². The van der Waals surface area contributed by atoms with Crippen LogP contribution < -0.4 is 16.7 Å². The van der Waals surface area contributed by atoms with Gasteiger partial charge in [-0.3, -0.25) is 28.8 Å². The van der Waals surface area contributed by atoms with E-state index in [9.17, 15) is 47.9 Å². The van der Waals surface area contributed by atoms with Gasteiger partial charge in [0.2, 0.25) is 0 Å². The highest BCUT2D eigenvalue weighted by Gasteiger charge is 2.29. The first-order valence-corrected chi connectivity index (χ1v) is 44.3. The maximum atomic E-state index is 12.1. The molecule has 0 aliphatic rings. The number of hydrogen-bond donors (Lipinski definition) is 3. The van der Waals surface area contributed by atoms with Crippen molar-refractivity contribution in [3.63, 3.8) is 0 Å². The maximum absolute atomic E-state index is 12.1. The van der Waals surface area contributed by atoms with Gasteiger partial charge in [-0.1, -0.05) is 20.8 Å². The van der Waals surface area contributed by atoms with Gasteiger partial charge < -0.3 is 60.0 Å². The molecule has 0 aliphatic heterocycles. The number of carbonyl (C=O) groups excluding carboxylic acids is 7. The van der Waals surface area contributed by atoms with Crippen molar-refractivity contribution in [1.82, 2.24) is 60.6 Å². The zero-order valence-electron chi connectivity index (χ0n) is 67.0. The van der Waals surface area contributed by atoms with Gasteiger partial charge in [-0.15, -0.1) is 79.4 Å². The first-order chi connectivity index (χ1) is 56.5. The van der Waals surface area contributed by atoms with Crippen LogP contribution in [0.5, 0.6) is 0 Å². The largest absolute Gasteiger partial charge is 0.462 e. The van der Waals surface area contributed by atoms with Gasteiger partial charge in [0, 0.05) is 103 Å². The van der Waals surface area contributed by atoms with Crippen LogP contribution >= 0.6 is 111 Å². The number of aromatic amines is 1. The molecular weight excluding hydrogens is 1780 g/mol. The molecule has 620 valence electrons. The summed E-state index contributed by atoms with van der Waals surface area (Å²) in [6.07, 6.45) is 23.7. The number of aromatic nitrogens is 13. The molecule has 0 saturated carbocycles. The van der Waals surface area contributed by atoms with Crippen molar-refractivity contribution in [1.29, 1.82) is 0 Å². The molecule has 0 radical (unpaired) electrons. The normalized spacial score (nSPS) is 11.2. The topological polar surface area (TPSA) is 343 Å². The lowest BCUT2D eigenvalue weighted by Gasteiger charge is -2.01. The van der Waals surface area contributed by atoms with Gasteiger partial charge in [-0.2, -0.15) is 15.3 Å². The number of aldehydes is 3. The van der Waals surface area contributed by atoms with E-state index in [1.54, 1.807) is 131 Å². The lowest BCUT2D eigenvalue weighted by Crippen LogP contribution is -2.19. The standard InChI is InChI=1S/2C12H13N3OS.C12H13NO4S.C11H10BrNO4S.C11H10BrNO3S.C11H11N3OS.C11H13NO2S/c2*1-4-8-6-15-9-5-13-14(3)11(16)10(9)7(2)12(15)17-8;1-3-17-12(16)10-7(2)11-13(9(10)6-15)4-8(5-14)18-11;1-2-17-11(16)8-7(5-15)13-3-6(4-14)18-10(13)9(8)12;1-3-16-11(15)8-7(5-14)13-4-6(2)17-10(13)9(8)12;1-3-7-5-14-8-4-12-13-10(15)9(8)6(2)11(14)16-7;1-4-14-11(13)9-5-10-12(8(9)3)6-7(2)15-10/h2*5-6H,4H2,1-3H3;4,6,14H,3,5H2,1-2H3;3,5,14H,2,4H2,1H3;4-5H,3H2,1-2H3;4-5H,3H2,1-2H3,(H,13,15);5-6H,4H2,1-3H3. The van der Waals surface area contributed by atoms with Crippen molar-refractivity contribution in [2.75, 3.05) is 26.4 Å². The number of H-pyrrole nitrogens is 1. The lowest BCUT2D eigenvalue weighted by molar-refractivity contribution is 0.0514. The monoisotopic (exact) mass is 1860 g/mol. The summed E-state index contributed by atoms with van der Waals surface area (Å²) < 4.78 is 36.9. The predicted octanol–water partition coefficient (Wildman–Crippen LogP) is 16.2. The number of thiazole rings is 7. The number of rotatable bonds is 16. The van der Waals surface area contributed by atoms with E-state index in [0.717, 1.165) is 113 Å². The molecule has 38 heteroatoms. The number of ether oxygens (including phenoxy) is 4. The summed E-state index contributed by atoms with van der Waals surface area (Å²) in [7, 11) is 3.37. The summed E-state index contributed by atoms with van der Waals surface area (Å²) in [5, 5.41) is 35.0. The molecule has 0 bridgehead atoms. The second kappa shape index (κ2) is 37.9. The van der Waals surface area contributed by atoms with Gasteiger partial charge in [0.25, 0.3) is 16.7 Å². The summed E-state index contributed by atoms with van der Waals surface area (Å²) >= 11 is 17.8. The number of halogens is 2. The quantitative estimate of drug-likeness (QED) is 0.0459. The van der Waals surface area contributed by atoms with Crippen molar-refractivity contribution < 1.29 is 62.7 Å². The second-order valence-electron chi connectivity index (χ2n) is 26.2. The van der Waals surface area contributed by atoms with Crippen LogP contribution in [0.2, 0.25) is 0 Å². The van der Waals surface area contributed by atoms with Crippen molar-refractivity contribution in [2.45, 2.75) is 129 Å². The molecule has 0 amide bonds. The van der Waals surface area contributed by atoms with E-state index in [2.05, 4.69) is 112 Å². The molecule has 17 heterocycles. The molecule has 118 heavy (non-hydrogen) atoms. The van der Waals surface area contributed by atoms with Gasteiger partial charge in [-0.25, -0.2) is 33.6 Å². The second-order valence-corrected chi connectivity index (χ2v) is 35.9. The van der Waals surface area contributed by atoms with Crippen molar-refractivity contribution in [3.05, 3.63) is 209 Å². The van der Waals surface area contributed by atoms with Crippen LogP contribution in [-0.2, 0) is 65.5 Å². The Morgan fingerprint density at radius 2 is 0.780 bits per heavy atom. The molecule has 29 nitrogen and oxygen atoms in total. The first-order valence-electron chi connectivity index (χ1n) is 37.0. The molecule has 17 rings (SSSR count). The minimum atomic E-state index is -0.534. The van der Waals surface area contributed by atoms with E-state index in [4.69, 9.17) is 29.2 Å². The molecule has 0 aromatic carbocycles. The van der Waals surface area contributed by atoms with E-state index in [1.807, 2.05) is 64.4 Å². The Hall–Kier alpha value is -10.1. The third kappa shape index (κ3) is 17.0. The molecule has 0 atom stereocenters. The molecule has 0 aliphatic carbocycles. The van der Waals surface area contributed by atoms with Crippen LogP contribution in [0.3, 0.4) is 0 Å². The van der Waals surface area contributed by atoms with Gasteiger partial charge >= 0.3 is 23.9 Å². The third-order valence-electron chi connectivity index (χ3n) is 18.8. The molecule has 0 saturated heterocycles. The van der Waals surface area contributed by atoms with Gasteiger partial charge in [0.05, 0.1) is 111 Å². The minimum Gasteiger partial charge on any atom is -0.462 e. The van der Waals surface area contributed by atoms with Crippen LogP contribution in [0.25, 0.3) is 66.5 Å². The molecular formula is C80H83Br2N13O16S7. The highest BCUT2D eigenvalue weighted by molar-refractivity contribution is 9.11. The predicted molar refractivity (Wildman–Crippen MR) is 472 cm³/mol. The van der Waals surface area contributed by atoms with Crippen LogP contribution in [-0.4, -0.2) is 140 Å². The zero-order chi connectivity index (χ0) is 85.7. The fourth-order valence-corrected chi connectivity index (χ4v) is 21.7. The number of aliphatic hydroxyl groups is 2. The number of aliphatic hydroxyl groups excluding tert-OH is 2. The molecule has 17 aromatic rings. The van der Waals surface area contributed by atoms with E-state index in [1.165, 1.54) is 62.9 Å². The number of aryl methyl sites for hydroxylation is 12. The third-order valence-corrected chi connectivity index (χ3v) is 29.2. The van der Waals surface area contributed by atoms with Crippen LogP contribution in [0.15, 0.2) is 91.4 Å². The molecule has 17 aromatic heterocycles. The average Bonchev–Trinajstić information content (AvgIpc) is 1.59. The number of fused-ring (bicyclic) bond motifs is 13. The highest BCUT2D eigenvalue weighted by Crippen LogP contribution is 2.38. The van der Waals surface area contributed by atoms with E-state index < -0.39 is 17.9 Å². The summed E-state index contributed by atoms with van der Waals surface area (Å²) in [5.41, 5.74) is 9.74. The Labute approximate surface area is 717 Å². The molecule has 0 fully saturated rings. The fourth-order valence-electron chi connectivity index (χ4n) is 13.2. The van der Waals surface area contributed by atoms with Gasteiger partial charge in [0.1, 0.15) is 62.0 Å². The Morgan fingerprint density at radius 3 is 1.20 bits per heavy atom. The van der Waals surface area contributed by atoms with Crippen LogP contribution in [0, 0.1) is 48.5 Å². The van der Waals surface area contributed by atoms with Crippen LogP contribution in [0.4, 0.5) is 0 Å². The van der Waals surface area contributed by atoms with Crippen molar-refractivity contribution in [2.24, 2.45) is 14.1 Å². The SMILES string of the molecule is CCOC(=O)c1c(Br)c2sc(C)cn2c1C=O.CCOC(=O)c1c(Br)c2sc(CO)cn2c1C=O.CCOC(=O)c1c(C)c2sc(CO)cn2c1C=O.CCOC(=O)c1cc2sc(C)cn2c1C.CCc1cn2c(s1)c(C)c1c(=O)[nH]ncc12.CCc1cn2c(s1)c(C)c1c(=O)n(C)ncc12.CCc1cn2c(s1)c(C)c1c(=O)n(C)ncc12. The number of esters is 4. The van der Waals surface area contributed by atoms with Gasteiger partial charge in [0.15, 0.2) is 18.9 Å². The Kier molecular flexibility index (Phi) is 28.5. The van der Waals surface area contributed by atoms with E-state index >= 15 is 0 Å².